The van der Waals surface area contributed by atoms with Gasteiger partial charge < -0.3 is 9.80 Å². The number of aromatic nitrogens is 3. The van der Waals surface area contributed by atoms with Gasteiger partial charge in [-0.3, -0.25) is 9.89 Å². The molecule has 1 aromatic rings. The molecule has 2 fully saturated rings. The number of likely N-dealkylation sites (tertiary alicyclic amines) is 1. The number of carbonyl (C=O) groups is 1. The Bertz CT molecular complexity index is 457. The largest absolute Gasteiger partial charge is 0.336 e. The average molecular weight is 263 g/mol. The molecule has 0 atom stereocenters. The molecule has 1 aliphatic carbocycles. The SMILES string of the molecule is CN(C)C1CCN(C(=O)c2n[nH]c(C3CC3)n2)CC1. The molecule has 104 valence electrons. The number of amides is 1. The van der Waals surface area contributed by atoms with E-state index in [9.17, 15) is 4.79 Å². The fraction of sp³-hybridized carbons (Fsp3) is 0.769. The van der Waals surface area contributed by atoms with E-state index in [1.54, 1.807) is 0 Å². The van der Waals surface area contributed by atoms with Crippen LogP contribution in [-0.4, -0.2) is 64.1 Å². The average Bonchev–Trinajstić information content (AvgIpc) is 3.16. The lowest BCUT2D eigenvalue weighted by molar-refractivity contribution is 0.0651. The van der Waals surface area contributed by atoms with E-state index in [4.69, 9.17) is 0 Å². The third-order valence-electron chi connectivity index (χ3n) is 4.14. The van der Waals surface area contributed by atoms with Crippen molar-refractivity contribution in [2.75, 3.05) is 27.2 Å². The van der Waals surface area contributed by atoms with Gasteiger partial charge in [0.15, 0.2) is 0 Å². The number of H-pyrrole nitrogens is 1. The highest BCUT2D eigenvalue weighted by atomic mass is 16.2. The molecule has 6 nitrogen and oxygen atoms in total. The molecule has 3 rings (SSSR count). The molecule has 0 bridgehead atoms. The molecule has 1 N–H and O–H groups in total. The monoisotopic (exact) mass is 263 g/mol. The zero-order chi connectivity index (χ0) is 13.4. The molecule has 6 heteroatoms. The van der Waals surface area contributed by atoms with Crippen LogP contribution < -0.4 is 0 Å². The van der Waals surface area contributed by atoms with Crippen LogP contribution in [0.1, 0.15) is 48.0 Å². The van der Waals surface area contributed by atoms with Gasteiger partial charge in [0.05, 0.1) is 0 Å². The van der Waals surface area contributed by atoms with E-state index in [2.05, 4.69) is 34.2 Å². The van der Waals surface area contributed by atoms with E-state index in [0.717, 1.165) is 44.6 Å². The quantitative estimate of drug-likeness (QED) is 0.878. The van der Waals surface area contributed by atoms with Crippen LogP contribution in [-0.2, 0) is 0 Å². The molecule has 0 radical (unpaired) electrons. The predicted octanol–water partition coefficient (Wildman–Crippen LogP) is 0.848. The minimum Gasteiger partial charge on any atom is -0.336 e. The molecule has 2 aliphatic rings. The number of nitrogens with one attached hydrogen (secondary N) is 1. The van der Waals surface area contributed by atoms with Crippen molar-refractivity contribution in [2.45, 2.75) is 37.6 Å². The highest BCUT2D eigenvalue weighted by Crippen LogP contribution is 2.37. The lowest BCUT2D eigenvalue weighted by Crippen LogP contribution is -2.44. The van der Waals surface area contributed by atoms with Gasteiger partial charge in [-0.25, -0.2) is 4.98 Å². The minimum atomic E-state index is -0.0274. The first-order chi connectivity index (χ1) is 9.15. The first-order valence-corrected chi connectivity index (χ1v) is 7.03. The Labute approximate surface area is 113 Å². The molecule has 0 spiro atoms. The molecule has 2 heterocycles. The van der Waals surface area contributed by atoms with E-state index in [1.165, 1.54) is 0 Å². The summed E-state index contributed by atoms with van der Waals surface area (Å²) in [6.07, 6.45) is 4.38. The Hall–Kier alpha value is -1.43. The fourth-order valence-corrected chi connectivity index (χ4v) is 2.64. The summed E-state index contributed by atoms with van der Waals surface area (Å²) in [7, 11) is 4.19. The van der Waals surface area contributed by atoms with Gasteiger partial charge in [0, 0.05) is 25.0 Å². The van der Waals surface area contributed by atoms with E-state index >= 15 is 0 Å². The van der Waals surface area contributed by atoms with Gasteiger partial charge in [-0.15, -0.1) is 5.10 Å². The van der Waals surface area contributed by atoms with Gasteiger partial charge in [-0.2, -0.15) is 0 Å². The standard InChI is InChI=1S/C13H21N5O/c1-17(2)10-5-7-18(8-6-10)13(19)12-14-11(15-16-12)9-3-4-9/h9-10H,3-8H2,1-2H3,(H,14,15,16). The van der Waals surface area contributed by atoms with Crippen LogP contribution in [0.4, 0.5) is 0 Å². The molecule has 1 amide bonds. The Kier molecular flexibility index (Phi) is 3.26. The first-order valence-electron chi connectivity index (χ1n) is 7.03. The first kappa shape index (κ1) is 12.6. The van der Waals surface area contributed by atoms with Crippen molar-refractivity contribution in [1.82, 2.24) is 25.0 Å². The molecule has 0 unspecified atom stereocenters. The summed E-state index contributed by atoms with van der Waals surface area (Å²) in [6, 6.07) is 0.582. The Morgan fingerprint density at radius 2 is 1.95 bits per heavy atom. The molecular weight excluding hydrogens is 242 g/mol. The zero-order valence-corrected chi connectivity index (χ0v) is 11.6. The fourth-order valence-electron chi connectivity index (χ4n) is 2.64. The normalized spacial score (nSPS) is 21.1. The van der Waals surface area contributed by atoms with E-state index in [-0.39, 0.29) is 5.91 Å². The van der Waals surface area contributed by atoms with Crippen molar-refractivity contribution in [3.63, 3.8) is 0 Å². The molecule has 19 heavy (non-hydrogen) atoms. The summed E-state index contributed by atoms with van der Waals surface area (Å²) >= 11 is 0. The summed E-state index contributed by atoms with van der Waals surface area (Å²) in [6.45, 7) is 1.60. The lowest BCUT2D eigenvalue weighted by atomic mass is 10.0. The van der Waals surface area contributed by atoms with Crippen LogP contribution in [0.2, 0.25) is 0 Å². The van der Waals surface area contributed by atoms with Crippen molar-refractivity contribution in [3.05, 3.63) is 11.6 Å². The smallest absolute Gasteiger partial charge is 0.293 e. The van der Waals surface area contributed by atoms with Crippen molar-refractivity contribution >= 4 is 5.91 Å². The molecule has 1 aromatic heterocycles. The summed E-state index contributed by atoms with van der Waals surface area (Å²) in [5.41, 5.74) is 0. The molecule has 1 saturated heterocycles. The van der Waals surface area contributed by atoms with Gasteiger partial charge in [0.2, 0.25) is 5.82 Å². The highest BCUT2D eigenvalue weighted by molar-refractivity contribution is 5.90. The van der Waals surface area contributed by atoms with Crippen LogP contribution >= 0.6 is 0 Å². The van der Waals surface area contributed by atoms with Gasteiger partial charge >= 0.3 is 0 Å². The lowest BCUT2D eigenvalue weighted by Gasteiger charge is -2.34. The maximum absolute atomic E-state index is 12.3. The van der Waals surface area contributed by atoms with Crippen LogP contribution in [0, 0.1) is 0 Å². The van der Waals surface area contributed by atoms with Crippen LogP contribution in [0.5, 0.6) is 0 Å². The van der Waals surface area contributed by atoms with E-state index in [0.29, 0.717) is 17.8 Å². The number of aromatic amines is 1. The van der Waals surface area contributed by atoms with Gasteiger partial charge in [-0.1, -0.05) is 0 Å². The Morgan fingerprint density at radius 3 is 2.53 bits per heavy atom. The second-order valence-corrected chi connectivity index (χ2v) is 5.81. The summed E-state index contributed by atoms with van der Waals surface area (Å²) in [4.78, 5) is 20.7. The second kappa shape index (κ2) is 4.92. The third kappa shape index (κ3) is 2.63. The van der Waals surface area contributed by atoms with Gasteiger partial charge in [-0.05, 0) is 39.8 Å². The van der Waals surface area contributed by atoms with E-state index in [1.807, 2.05) is 4.90 Å². The van der Waals surface area contributed by atoms with Crippen molar-refractivity contribution in [3.8, 4) is 0 Å². The van der Waals surface area contributed by atoms with Crippen molar-refractivity contribution in [2.24, 2.45) is 0 Å². The summed E-state index contributed by atoms with van der Waals surface area (Å²) in [5.74, 6) is 1.70. The van der Waals surface area contributed by atoms with Crippen molar-refractivity contribution < 1.29 is 4.79 Å². The molecule has 1 aliphatic heterocycles. The van der Waals surface area contributed by atoms with Crippen LogP contribution in [0.15, 0.2) is 0 Å². The van der Waals surface area contributed by atoms with Crippen molar-refractivity contribution in [1.29, 1.82) is 0 Å². The van der Waals surface area contributed by atoms with Crippen LogP contribution in [0.3, 0.4) is 0 Å². The molecule has 1 saturated carbocycles. The van der Waals surface area contributed by atoms with Gasteiger partial charge in [0.1, 0.15) is 5.82 Å². The minimum absolute atomic E-state index is 0.0274. The Balaban J connectivity index is 1.61. The number of hydrogen-bond acceptors (Lipinski definition) is 4. The summed E-state index contributed by atoms with van der Waals surface area (Å²) in [5, 5.41) is 6.97. The Morgan fingerprint density at radius 1 is 1.26 bits per heavy atom. The topological polar surface area (TPSA) is 65.1 Å². The number of hydrogen-bond donors (Lipinski definition) is 1. The predicted molar refractivity (Wildman–Crippen MR) is 71.0 cm³/mol. The second-order valence-electron chi connectivity index (χ2n) is 5.81. The molecule has 0 aromatic carbocycles. The number of nitrogens with zero attached hydrogens (tertiary/aromatic N) is 4. The highest BCUT2D eigenvalue weighted by Gasteiger charge is 2.30. The number of piperidine rings is 1. The van der Waals surface area contributed by atoms with Crippen LogP contribution in [0.25, 0.3) is 0 Å². The molecular formula is C13H21N5O. The summed E-state index contributed by atoms with van der Waals surface area (Å²) < 4.78 is 0. The third-order valence-corrected chi connectivity index (χ3v) is 4.14. The number of carbonyl (C=O) groups excluding carboxylic acids is 1. The maximum Gasteiger partial charge on any atom is 0.293 e. The van der Waals surface area contributed by atoms with E-state index < -0.39 is 0 Å². The van der Waals surface area contributed by atoms with Gasteiger partial charge in [0.25, 0.3) is 5.91 Å². The zero-order valence-electron chi connectivity index (χ0n) is 11.6. The maximum atomic E-state index is 12.3. The number of rotatable bonds is 3.